The summed E-state index contributed by atoms with van der Waals surface area (Å²) in [6.07, 6.45) is 0. The minimum absolute atomic E-state index is 0.122. The maximum absolute atomic E-state index is 12.4. The van der Waals surface area contributed by atoms with Crippen molar-refractivity contribution in [3.63, 3.8) is 0 Å². The summed E-state index contributed by atoms with van der Waals surface area (Å²) in [6, 6.07) is 15.2. The molecule has 154 valence electrons. The predicted octanol–water partition coefficient (Wildman–Crippen LogP) is 4.98. The Bertz CT molecular complexity index is 1100. The van der Waals surface area contributed by atoms with Gasteiger partial charge in [0.25, 0.3) is 0 Å². The van der Waals surface area contributed by atoms with E-state index in [1.807, 2.05) is 18.2 Å². The van der Waals surface area contributed by atoms with Crippen molar-refractivity contribution < 1.29 is 14.3 Å². The molecule has 1 amide bonds. The molecular formula is C23H23N3O3S. The topological polar surface area (TPSA) is 84.2 Å². The SMILES string of the molecule is COc1cc(NC(=O)CSc2nc3ccc(C(C)C)cc3cc2C#N)cc(OC)c1. The first kappa shape index (κ1) is 21.5. The van der Waals surface area contributed by atoms with Crippen molar-refractivity contribution in [2.45, 2.75) is 24.8 Å². The van der Waals surface area contributed by atoms with Gasteiger partial charge in [-0.15, -0.1) is 0 Å². The second-order valence-corrected chi connectivity index (χ2v) is 7.96. The van der Waals surface area contributed by atoms with Gasteiger partial charge in [0, 0.05) is 29.3 Å². The first-order chi connectivity index (χ1) is 14.4. The molecule has 2 aromatic carbocycles. The predicted molar refractivity (Wildman–Crippen MR) is 119 cm³/mol. The number of benzene rings is 2. The normalized spacial score (nSPS) is 10.7. The molecule has 0 fully saturated rings. The average molecular weight is 422 g/mol. The van der Waals surface area contributed by atoms with E-state index in [1.165, 1.54) is 17.3 Å². The van der Waals surface area contributed by atoms with Crippen LogP contribution in [0.15, 0.2) is 47.5 Å². The Kier molecular flexibility index (Phi) is 6.80. The minimum Gasteiger partial charge on any atom is -0.497 e. The Labute approximate surface area is 180 Å². The molecule has 0 aliphatic rings. The van der Waals surface area contributed by atoms with Crippen LogP contribution in [-0.2, 0) is 4.79 Å². The summed E-state index contributed by atoms with van der Waals surface area (Å²) in [5, 5.41) is 13.8. The number of rotatable bonds is 7. The van der Waals surface area contributed by atoms with Crippen LogP contribution in [0.4, 0.5) is 5.69 Å². The Balaban J connectivity index is 1.75. The van der Waals surface area contributed by atoms with Crippen molar-refractivity contribution in [3.8, 4) is 17.6 Å². The fourth-order valence-corrected chi connectivity index (χ4v) is 3.70. The van der Waals surface area contributed by atoms with E-state index in [1.54, 1.807) is 32.4 Å². The van der Waals surface area contributed by atoms with Gasteiger partial charge in [-0.2, -0.15) is 5.26 Å². The van der Waals surface area contributed by atoms with E-state index >= 15 is 0 Å². The molecule has 0 bridgehead atoms. The molecule has 6 nitrogen and oxygen atoms in total. The number of nitrogens with one attached hydrogen (secondary N) is 1. The lowest BCUT2D eigenvalue weighted by atomic mass is 10.0. The van der Waals surface area contributed by atoms with Crippen molar-refractivity contribution in [2.75, 3.05) is 25.3 Å². The summed E-state index contributed by atoms with van der Waals surface area (Å²) in [5.41, 5.74) is 3.04. The van der Waals surface area contributed by atoms with Gasteiger partial charge in [-0.1, -0.05) is 31.7 Å². The van der Waals surface area contributed by atoms with Gasteiger partial charge < -0.3 is 14.8 Å². The first-order valence-corrected chi connectivity index (χ1v) is 10.4. The lowest BCUT2D eigenvalue weighted by Gasteiger charge is -2.11. The smallest absolute Gasteiger partial charge is 0.234 e. The third kappa shape index (κ3) is 5.02. The lowest BCUT2D eigenvalue weighted by Crippen LogP contribution is -2.14. The number of nitrogens with zero attached hydrogens (tertiary/aromatic N) is 2. The number of thioether (sulfide) groups is 1. The number of amides is 1. The van der Waals surface area contributed by atoms with E-state index in [2.05, 4.69) is 36.3 Å². The van der Waals surface area contributed by atoms with Crippen LogP contribution >= 0.6 is 11.8 Å². The third-order valence-electron chi connectivity index (χ3n) is 4.57. The lowest BCUT2D eigenvalue weighted by molar-refractivity contribution is -0.113. The van der Waals surface area contributed by atoms with Crippen LogP contribution in [0, 0.1) is 11.3 Å². The molecule has 0 spiro atoms. The first-order valence-electron chi connectivity index (χ1n) is 9.44. The van der Waals surface area contributed by atoms with Crippen molar-refractivity contribution >= 4 is 34.3 Å². The van der Waals surface area contributed by atoms with Gasteiger partial charge in [0.1, 0.15) is 22.6 Å². The van der Waals surface area contributed by atoms with E-state index in [-0.39, 0.29) is 11.7 Å². The molecule has 30 heavy (non-hydrogen) atoms. The van der Waals surface area contributed by atoms with Crippen LogP contribution < -0.4 is 14.8 Å². The van der Waals surface area contributed by atoms with E-state index < -0.39 is 0 Å². The van der Waals surface area contributed by atoms with Gasteiger partial charge in [0.05, 0.1) is 31.1 Å². The van der Waals surface area contributed by atoms with Gasteiger partial charge in [0.15, 0.2) is 0 Å². The average Bonchev–Trinajstić information content (AvgIpc) is 2.76. The molecule has 0 unspecified atom stereocenters. The van der Waals surface area contributed by atoms with Crippen LogP contribution in [0.25, 0.3) is 10.9 Å². The van der Waals surface area contributed by atoms with Gasteiger partial charge in [-0.3, -0.25) is 4.79 Å². The fraction of sp³-hybridized carbons (Fsp3) is 0.261. The summed E-state index contributed by atoms with van der Waals surface area (Å²) < 4.78 is 10.4. The molecule has 0 atom stereocenters. The largest absolute Gasteiger partial charge is 0.497 e. The van der Waals surface area contributed by atoms with E-state index in [9.17, 15) is 10.1 Å². The Morgan fingerprint density at radius 3 is 2.43 bits per heavy atom. The third-order valence-corrected chi connectivity index (χ3v) is 5.56. The molecule has 3 aromatic rings. The van der Waals surface area contributed by atoms with Crippen molar-refractivity contribution in [1.29, 1.82) is 5.26 Å². The molecule has 1 heterocycles. The van der Waals surface area contributed by atoms with Crippen LogP contribution in [0.3, 0.4) is 0 Å². The summed E-state index contributed by atoms with van der Waals surface area (Å²) in [4.78, 5) is 17.0. The van der Waals surface area contributed by atoms with E-state index in [0.717, 1.165) is 10.9 Å². The van der Waals surface area contributed by atoms with Gasteiger partial charge >= 0.3 is 0 Å². The number of anilines is 1. The molecule has 7 heteroatoms. The zero-order valence-corrected chi connectivity index (χ0v) is 18.2. The zero-order valence-electron chi connectivity index (χ0n) is 17.4. The van der Waals surface area contributed by atoms with E-state index in [4.69, 9.17) is 9.47 Å². The fourth-order valence-electron chi connectivity index (χ4n) is 2.94. The molecule has 1 N–H and O–H groups in total. The summed E-state index contributed by atoms with van der Waals surface area (Å²) in [5.74, 6) is 1.47. The second-order valence-electron chi connectivity index (χ2n) is 7.00. The number of carbonyl (C=O) groups excluding carboxylic acids is 1. The molecular weight excluding hydrogens is 398 g/mol. The van der Waals surface area contributed by atoms with Crippen LogP contribution in [-0.4, -0.2) is 30.9 Å². The number of methoxy groups -OCH3 is 2. The maximum atomic E-state index is 12.4. The standard InChI is InChI=1S/C23H23N3O3S/c1-14(2)15-5-6-21-16(7-15)8-17(12-24)23(26-21)30-13-22(27)25-18-9-19(28-3)11-20(10-18)29-4/h5-11,14H,13H2,1-4H3,(H,25,27). The van der Waals surface area contributed by atoms with Crippen molar-refractivity contribution in [1.82, 2.24) is 4.98 Å². The summed E-state index contributed by atoms with van der Waals surface area (Å²) >= 11 is 1.24. The highest BCUT2D eigenvalue weighted by Gasteiger charge is 2.12. The number of ether oxygens (including phenoxy) is 2. The van der Waals surface area contributed by atoms with Gasteiger partial charge in [0.2, 0.25) is 5.91 Å². The molecule has 0 saturated heterocycles. The highest BCUT2D eigenvalue weighted by atomic mass is 32.2. The Morgan fingerprint density at radius 2 is 1.83 bits per heavy atom. The molecule has 0 saturated carbocycles. The zero-order chi connectivity index (χ0) is 21.7. The summed E-state index contributed by atoms with van der Waals surface area (Å²) in [6.45, 7) is 4.25. The molecule has 0 aliphatic heterocycles. The number of aromatic nitrogens is 1. The maximum Gasteiger partial charge on any atom is 0.234 e. The van der Waals surface area contributed by atoms with Crippen molar-refractivity contribution in [3.05, 3.63) is 53.6 Å². The van der Waals surface area contributed by atoms with Crippen LogP contribution in [0.1, 0.15) is 30.9 Å². The van der Waals surface area contributed by atoms with Crippen LogP contribution in [0.5, 0.6) is 11.5 Å². The quantitative estimate of drug-likeness (QED) is 0.542. The number of hydrogen-bond acceptors (Lipinski definition) is 6. The monoisotopic (exact) mass is 421 g/mol. The van der Waals surface area contributed by atoms with Gasteiger partial charge in [-0.25, -0.2) is 4.98 Å². The van der Waals surface area contributed by atoms with Crippen molar-refractivity contribution in [2.24, 2.45) is 0 Å². The van der Waals surface area contributed by atoms with E-state index in [0.29, 0.717) is 33.7 Å². The van der Waals surface area contributed by atoms with Crippen LogP contribution in [0.2, 0.25) is 0 Å². The molecule has 0 radical (unpaired) electrons. The molecule has 1 aromatic heterocycles. The molecule has 0 aliphatic carbocycles. The van der Waals surface area contributed by atoms with Gasteiger partial charge in [-0.05, 0) is 29.7 Å². The number of fused-ring (bicyclic) bond motifs is 1. The number of nitriles is 1. The molecule has 3 rings (SSSR count). The number of hydrogen-bond donors (Lipinski definition) is 1. The Hall–Kier alpha value is -3.24. The number of pyridine rings is 1. The number of carbonyl (C=O) groups is 1. The Morgan fingerprint density at radius 1 is 1.13 bits per heavy atom. The summed E-state index contributed by atoms with van der Waals surface area (Å²) in [7, 11) is 3.10. The highest BCUT2D eigenvalue weighted by molar-refractivity contribution is 8.00. The highest BCUT2D eigenvalue weighted by Crippen LogP contribution is 2.28. The second kappa shape index (κ2) is 9.51. The minimum atomic E-state index is -0.212.